The Morgan fingerprint density at radius 2 is 2.67 bits per heavy atom. The average Bonchev–Trinajstić information content (AvgIpc) is 2.75. The van der Waals surface area contributed by atoms with E-state index in [4.69, 9.17) is 9.84 Å². The van der Waals surface area contributed by atoms with Crippen molar-refractivity contribution in [2.45, 2.75) is 18.9 Å². The number of aliphatic hydroxyl groups is 1. The van der Waals surface area contributed by atoms with Crippen LogP contribution in [0.4, 0.5) is 0 Å². The number of aliphatic hydroxyl groups excluding tert-OH is 1. The Morgan fingerprint density at radius 3 is 3.25 bits per heavy atom. The van der Waals surface area contributed by atoms with E-state index >= 15 is 0 Å². The second-order valence-electron chi connectivity index (χ2n) is 2.90. The summed E-state index contributed by atoms with van der Waals surface area (Å²) in [4.78, 5) is 4.30. The van der Waals surface area contributed by atoms with E-state index in [2.05, 4.69) is 4.98 Å². The zero-order valence-electron chi connectivity index (χ0n) is 6.69. The molecule has 1 aliphatic heterocycles. The van der Waals surface area contributed by atoms with Gasteiger partial charge in [0.05, 0.1) is 23.9 Å². The number of nitrogens with zero attached hydrogens (tertiary/aromatic N) is 1. The molecule has 1 atom stereocenters. The third-order valence-electron chi connectivity index (χ3n) is 2.01. The summed E-state index contributed by atoms with van der Waals surface area (Å²) in [5, 5.41) is 11.8. The highest BCUT2D eigenvalue weighted by atomic mass is 32.1. The van der Waals surface area contributed by atoms with Crippen LogP contribution in [0.2, 0.25) is 0 Å². The fourth-order valence-electron chi connectivity index (χ4n) is 1.31. The summed E-state index contributed by atoms with van der Waals surface area (Å²) >= 11 is 1.62. The molecule has 0 bridgehead atoms. The molecule has 3 nitrogen and oxygen atoms in total. The standard InChI is InChI=1S/C8H11NO2S/c10-3-7-5-12-8(9-7)6-1-2-11-4-6/h5-6,10H,1-4H2. The summed E-state index contributed by atoms with van der Waals surface area (Å²) in [6, 6.07) is 0. The van der Waals surface area contributed by atoms with E-state index in [1.807, 2.05) is 5.38 Å². The van der Waals surface area contributed by atoms with Gasteiger partial charge in [0.25, 0.3) is 0 Å². The van der Waals surface area contributed by atoms with Crippen LogP contribution in [0, 0.1) is 0 Å². The van der Waals surface area contributed by atoms with Crippen LogP contribution in [-0.2, 0) is 11.3 Å². The summed E-state index contributed by atoms with van der Waals surface area (Å²) in [6.45, 7) is 1.68. The molecule has 0 radical (unpaired) electrons. The van der Waals surface area contributed by atoms with E-state index < -0.39 is 0 Å². The highest BCUT2D eigenvalue weighted by molar-refractivity contribution is 7.09. The van der Waals surface area contributed by atoms with Gasteiger partial charge in [0.15, 0.2) is 0 Å². The Morgan fingerprint density at radius 1 is 1.75 bits per heavy atom. The second kappa shape index (κ2) is 3.51. The monoisotopic (exact) mass is 185 g/mol. The number of hydrogen-bond donors (Lipinski definition) is 1. The minimum Gasteiger partial charge on any atom is -0.390 e. The molecule has 0 saturated carbocycles. The van der Waals surface area contributed by atoms with Crippen molar-refractivity contribution in [2.75, 3.05) is 13.2 Å². The van der Waals surface area contributed by atoms with Crippen molar-refractivity contribution in [3.8, 4) is 0 Å². The Kier molecular flexibility index (Phi) is 2.39. The number of thiazole rings is 1. The maximum absolute atomic E-state index is 8.81. The van der Waals surface area contributed by atoms with Crippen LogP contribution in [0.3, 0.4) is 0 Å². The number of rotatable bonds is 2. The van der Waals surface area contributed by atoms with E-state index in [1.165, 1.54) is 0 Å². The van der Waals surface area contributed by atoms with Crippen LogP contribution in [0.25, 0.3) is 0 Å². The molecule has 1 unspecified atom stereocenters. The molecule has 0 aliphatic carbocycles. The molecule has 2 rings (SSSR count). The number of aromatic nitrogens is 1. The Bertz CT molecular complexity index is 255. The van der Waals surface area contributed by atoms with Gasteiger partial charge in [0.2, 0.25) is 0 Å². The maximum atomic E-state index is 8.81. The summed E-state index contributed by atoms with van der Waals surface area (Å²) in [5.74, 6) is 0.468. The second-order valence-corrected chi connectivity index (χ2v) is 3.79. The molecule has 1 N–H and O–H groups in total. The lowest BCUT2D eigenvalue weighted by molar-refractivity contribution is 0.194. The molecule has 1 saturated heterocycles. The van der Waals surface area contributed by atoms with Gasteiger partial charge in [0, 0.05) is 17.9 Å². The lowest BCUT2D eigenvalue weighted by Crippen LogP contribution is -1.96. The summed E-state index contributed by atoms with van der Waals surface area (Å²) in [5.41, 5.74) is 0.780. The molecule has 0 amide bonds. The van der Waals surface area contributed by atoms with E-state index in [-0.39, 0.29) is 6.61 Å². The lowest BCUT2D eigenvalue weighted by Gasteiger charge is -2.00. The van der Waals surface area contributed by atoms with Crippen LogP contribution in [0.15, 0.2) is 5.38 Å². The van der Waals surface area contributed by atoms with Crippen LogP contribution >= 0.6 is 11.3 Å². The van der Waals surface area contributed by atoms with Crippen molar-refractivity contribution in [3.63, 3.8) is 0 Å². The van der Waals surface area contributed by atoms with Gasteiger partial charge in [-0.15, -0.1) is 11.3 Å². The lowest BCUT2D eigenvalue weighted by atomic mass is 10.1. The highest BCUT2D eigenvalue weighted by Crippen LogP contribution is 2.27. The fraction of sp³-hybridized carbons (Fsp3) is 0.625. The molecule has 1 aliphatic rings. The van der Waals surface area contributed by atoms with Gasteiger partial charge >= 0.3 is 0 Å². The topological polar surface area (TPSA) is 42.4 Å². The first-order chi connectivity index (χ1) is 5.90. The predicted molar refractivity (Wildman–Crippen MR) is 46.2 cm³/mol. The van der Waals surface area contributed by atoms with Gasteiger partial charge in [-0.1, -0.05) is 0 Å². The summed E-state index contributed by atoms with van der Waals surface area (Å²) in [7, 11) is 0. The molecular weight excluding hydrogens is 174 g/mol. The molecular formula is C8H11NO2S. The summed E-state index contributed by atoms with van der Waals surface area (Å²) < 4.78 is 5.26. The molecule has 1 aromatic heterocycles. The largest absolute Gasteiger partial charge is 0.390 e. The molecule has 4 heteroatoms. The van der Waals surface area contributed by atoms with Gasteiger partial charge in [-0.05, 0) is 6.42 Å². The Labute approximate surface area is 75.0 Å². The first kappa shape index (κ1) is 8.16. The molecule has 12 heavy (non-hydrogen) atoms. The Hall–Kier alpha value is -0.450. The van der Waals surface area contributed by atoms with E-state index in [0.29, 0.717) is 5.92 Å². The van der Waals surface area contributed by atoms with Crippen LogP contribution in [0.1, 0.15) is 23.0 Å². The quantitative estimate of drug-likeness (QED) is 0.751. The smallest absolute Gasteiger partial charge is 0.0984 e. The van der Waals surface area contributed by atoms with Gasteiger partial charge < -0.3 is 9.84 Å². The number of ether oxygens (including phenoxy) is 1. The van der Waals surface area contributed by atoms with Crippen molar-refractivity contribution in [2.24, 2.45) is 0 Å². The van der Waals surface area contributed by atoms with Crippen molar-refractivity contribution in [1.82, 2.24) is 4.98 Å². The van der Waals surface area contributed by atoms with Crippen LogP contribution in [0.5, 0.6) is 0 Å². The molecule has 0 spiro atoms. The van der Waals surface area contributed by atoms with Crippen LogP contribution < -0.4 is 0 Å². The van der Waals surface area contributed by atoms with Crippen molar-refractivity contribution in [1.29, 1.82) is 0 Å². The van der Waals surface area contributed by atoms with Crippen LogP contribution in [-0.4, -0.2) is 23.3 Å². The van der Waals surface area contributed by atoms with E-state index in [9.17, 15) is 0 Å². The van der Waals surface area contributed by atoms with Gasteiger partial charge in [-0.3, -0.25) is 0 Å². The minimum absolute atomic E-state index is 0.0457. The zero-order valence-corrected chi connectivity index (χ0v) is 7.51. The molecule has 1 fully saturated rings. The average molecular weight is 185 g/mol. The normalized spacial score (nSPS) is 23.2. The molecule has 0 aromatic carbocycles. The Balaban J connectivity index is 2.11. The van der Waals surface area contributed by atoms with Crippen molar-refractivity contribution < 1.29 is 9.84 Å². The first-order valence-corrected chi connectivity index (χ1v) is 4.91. The third-order valence-corrected chi connectivity index (χ3v) is 3.07. The van der Waals surface area contributed by atoms with E-state index in [1.54, 1.807) is 11.3 Å². The van der Waals surface area contributed by atoms with Gasteiger partial charge in [0.1, 0.15) is 0 Å². The molecule has 66 valence electrons. The fourth-order valence-corrected chi connectivity index (χ4v) is 2.24. The summed E-state index contributed by atoms with van der Waals surface area (Å²) in [6.07, 6.45) is 1.07. The predicted octanol–water partition coefficient (Wildman–Crippen LogP) is 1.14. The zero-order chi connectivity index (χ0) is 8.39. The SMILES string of the molecule is OCc1csc(C2CCOC2)n1. The van der Waals surface area contributed by atoms with Crippen molar-refractivity contribution in [3.05, 3.63) is 16.1 Å². The van der Waals surface area contributed by atoms with Gasteiger partial charge in [-0.25, -0.2) is 4.98 Å². The highest BCUT2D eigenvalue weighted by Gasteiger charge is 2.20. The molecule has 1 aromatic rings. The third kappa shape index (κ3) is 1.50. The van der Waals surface area contributed by atoms with Crippen molar-refractivity contribution >= 4 is 11.3 Å². The molecule has 2 heterocycles. The minimum atomic E-state index is 0.0457. The first-order valence-electron chi connectivity index (χ1n) is 4.03. The van der Waals surface area contributed by atoms with E-state index in [0.717, 1.165) is 30.3 Å². The maximum Gasteiger partial charge on any atom is 0.0984 e. The number of hydrogen-bond acceptors (Lipinski definition) is 4. The van der Waals surface area contributed by atoms with Gasteiger partial charge in [-0.2, -0.15) is 0 Å².